The number of benzene rings is 1. The first-order valence-corrected chi connectivity index (χ1v) is 8.39. The van der Waals surface area contributed by atoms with Crippen molar-refractivity contribution in [2.75, 3.05) is 13.7 Å². The molecule has 0 N–H and O–H groups in total. The number of hydrogen-bond donors (Lipinski definition) is 0. The van der Waals surface area contributed by atoms with Crippen molar-refractivity contribution in [3.8, 4) is 5.75 Å². The van der Waals surface area contributed by atoms with Gasteiger partial charge in [-0.05, 0) is 18.9 Å². The number of esters is 1. The van der Waals surface area contributed by atoms with Gasteiger partial charge in [0.05, 0.1) is 25.4 Å². The fraction of sp³-hybridized carbons (Fsp3) is 0.421. The third-order valence-corrected chi connectivity index (χ3v) is 4.72. The number of rotatable bonds is 6. The standard InChI is InChI=1S/C19H21NO5/c1-24-16-9-5-2-6-13(16)12-25-17(21)10-11-20-18(22)14-7-3-4-8-15(14)19(20)23/h2-6,9,14-15H,7-8,10-12H2,1H3/t14-,15+. The Morgan fingerprint density at radius 1 is 1.12 bits per heavy atom. The molecule has 0 saturated carbocycles. The van der Waals surface area contributed by atoms with Gasteiger partial charge in [-0.25, -0.2) is 0 Å². The number of amides is 2. The van der Waals surface area contributed by atoms with Crippen molar-refractivity contribution >= 4 is 17.8 Å². The van der Waals surface area contributed by atoms with Gasteiger partial charge in [0.25, 0.3) is 0 Å². The largest absolute Gasteiger partial charge is 0.496 e. The predicted molar refractivity (Wildman–Crippen MR) is 89.5 cm³/mol. The van der Waals surface area contributed by atoms with Crippen LogP contribution in [0.1, 0.15) is 24.8 Å². The normalized spacial score (nSPS) is 22.0. The number of methoxy groups -OCH3 is 1. The van der Waals surface area contributed by atoms with E-state index in [9.17, 15) is 14.4 Å². The Hall–Kier alpha value is -2.63. The second kappa shape index (κ2) is 7.51. The minimum Gasteiger partial charge on any atom is -0.496 e. The molecule has 1 aromatic rings. The Kier molecular flexibility index (Phi) is 5.16. The summed E-state index contributed by atoms with van der Waals surface area (Å²) in [7, 11) is 1.56. The molecule has 1 aliphatic carbocycles. The molecule has 1 aliphatic heterocycles. The first-order chi connectivity index (χ1) is 12.1. The minimum atomic E-state index is -0.445. The van der Waals surface area contributed by atoms with Crippen molar-refractivity contribution in [2.24, 2.45) is 11.8 Å². The van der Waals surface area contributed by atoms with Gasteiger partial charge in [-0.3, -0.25) is 19.3 Å². The average molecular weight is 343 g/mol. The lowest BCUT2D eigenvalue weighted by molar-refractivity contribution is -0.146. The van der Waals surface area contributed by atoms with Gasteiger partial charge in [-0.1, -0.05) is 30.4 Å². The summed E-state index contributed by atoms with van der Waals surface area (Å²) in [6.07, 6.45) is 5.09. The number of allylic oxidation sites excluding steroid dienone is 2. The van der Waals surface area contributed by atoms with Crippen LogP contribution < -0.4 is 4.74 Å². The molecule has 6 nitrogen and oxygen atoms in total. The molecule has 132 valence electrons. The topological polar surface area (TPSA) is 72.9 Å². The van der Waals surface area contributed by atoms with Crippen LogP contribution in [0.3, 0.4) is 0 Å². The number of hydrogen-bond acceptors (Lipinski definition) is 5. The van der Waals surface area contributed by atoms with E-state index in [0.29, 0.717) is 18.6 Å². The summed E-state index contributed by atoms with van der Waals surface area (Å²) in [4.78, 5) is 37.8. The molecule has 1 fully saturated rings. The maximum absolute atomic E-state index is 12.3. The van der Waals surface area contributed by atoms with E-state index in [1.807, 2.05) is 30.4 Å². The molecule has 3 rings (SSSR count). The predicted octanol–water partition coefficient (Wildman–Crippen LogP) is 2.08. The average Bonchev–Trinajstić information content (AvgIpc) is 2.89. The van der Waals surface area contributed by atoms with Crippen LogP contribution in [0.25, 0.3) is 0 Å². The lowest BCUT2D eigenvalue weighted by Gasteiger charge is -2.14. The maximum atomic E-state index is 12.3. The number of para-hydroxylation sites is 1. The molecule has 0 aromatic heterocycles. The monoisotopic (exact) mass is 343 g/mol. The van der Waals surface area contributed by atoms with Crippen LogP contribution in [0.2, 0.25) is 0 Å². The second-order valence-corrected chi connectivity index (χ2v) is 6.21. The van der Waals surface area contributed by atoms with Crippen LogP contribution in [0.4, 0.5) is 0 Å². The number of imide groups is 1. The Morgan fingerprint density at radius 2 is 1.76 bits per heavy atom. The lowest BCUT2D eigenvalue weighted by Crippen LogP contribution is -2.33. The van der Waals surface area contributed by atoms with E-state index >= 15 is 0 Å². The fourth-order valence-corrected chi connectivity index (χ4v) is 3.35. The van der Waals surface area contributed by atoms with Crippen LogP contribution >= 0.6 is 0 Å². The molecular formula is C19H21NO5. The highest BCUT2D eigenvalue weighted by atomic mass is 16.5. The van der Waals surface area contributed by atoms with E-state index in [2.05, 4.69) is 0 Å². The van der Waals surface area contributed by atoms with E-state index in [-0.39, 0.29) is 43.2 Å². The number of fused-ring (bicyclic) bond motifs is 1. The Morgan fingerprint density at radius 3 is 2.40 bits per heavy atom. The summed E-state index contributed by atoms with van der Waals surface area (Å²) >= 11 is 0. The molecule has 6 heteroatoms. The van der Waals surface area contributed by atoms with E-state index in [1.165, 1.54) is 4.90 Å². The number of likely N-dealkylation sites (tertiary alicyclic amines) is 1. The van der Waals surface area contributed by atoms with Crippen molar-refractivity contribution in [2.45, 2.75) is 25.9 Å². The van der Waals surface area contributed by atoms with E-state index in [4.69, 9.17) is 9.47 Å². The number of ether oxygens (including phenoxy) is 2. The molecule has 0 bridgehead atoms. The van der Waals surface area contributed by atoms with Crippen molar-refractivity contribution in [3.63, 3.8) is 0 Å². The molecule has 1 heterocycles. The van der Waals surface area contributed by atoms with Gasteiger partial charge < -0.3 is 9.47 Å². The molecule has 0 unspecified atom stereocenters. The highest BCUT2D eigenvalue weighted by molar-refractivity contribution is 6.05. The molecule has 25 heavy (non-hydrogen) atoms. The number of carbonyl (C=O) groups is 3. The summed E-state index contributed by atoms with van der Waals surface area (Å²) in [5, 5.41) is 0. The molecule has 1 aromatic carbocycles. The zero-order valence-corrected chi connectivity index (χ0v) is 14.1. The summed E-state index contributed by atoms with van der Waals surface area (Å²) in [6, 6.07) is 7.28. The number of nitrogens with zero attached hydrogens (tertiary/aromatic N) is 1. The molecule has 2 aliphatic rings. The van der Waals surface area contributed by atoms with Crippen molar-refractivity contribution in [1.82, 2.24) is 4.90 Å². The molecule has 0 radical (unpaired) electrons. The van der Waals surface area contributed by atoms with Crippen LogP contribution in [0.15, 0.2) is 36.4 Å². The van der Waals surface area contributed by atoms with Crippen LogP contribution in [-0.4, -0.2) is 36.3 Å². The van der Waals surface area contributed by atoms with Gasteiger partial charge in [0, 0.05) is 12.1 Å². The summed E-state index contributed by atoms with van der Waals surface area (Å²) in [5.41, 5.74) is 0.767. The minimum absolute atomic E-state index is 0.000498. The first-order valence-electron chi connectivity index (χ1n) is 8.39. The number of carbonyl (C=O) groups excluding carboxylic acids is 3. The van der Waals surface area contributed by atoms with Crippen LogP contribution in [0.5, 0.6) is 5.75 Å². The van der Waals surface area contributed by atoms with Gasteiger partial charge in [-0.2, -0.15) is 0 Å². The van der Waals surface area contributed by atoms with Gasteiger partial charge in [0.2, 0.25) is 11.8 Å². The third kappa shape index (κ3) is 3.57. The van der Waals surface area contributed by atoms with Gasteiger partial charge >= 0.3 is 5.97 Å². The quantitative estimate of drug-likeness (QED) is 0.449. The smallest absolute Gasteiger partial charge is 0.307 e. The molecule has 0 spiro atoms. The summed E-state index contributed by atoms with van der Waals surface area (Å²) in [6.45, 7) is 0.176. The van der Waals surface area contributed by atoms with Gasteiger partial charge in [0.15, 0.2) is 0 Å². The first kappa shape index (κ1) is 17.2. The third-order valence-electron chi connectivity index (χ3n) is 4.72. The molecule has 1 saturated heterocycles. The lowest BCUT2D eigenvalue weighted by atomic mass is 9.85. The summed E-state index contributed by atoms with van der Waals surface area (Å²) in [5.74, 6) is -0.658. The molecular weight excluding hydrogens is 322 g/mol. The van der Waals surface area contributed by atoms with Gasteiger partial charge in [-0.15, -0.1) is 0 Å². The maximum Gasteiger partial charge on any atom is 0.307 e. The summed E-state index contributed by atoms with van der Waals surface area (Å²) < 4.78 is 10.4. The molecule has 2 amide bonds. The zero-order valence-electron chi connectivity index (χ0n) is 14.1. The van der Waals surface area contributed by atoms with Gasteiger partial charge in [0.1, 0.15) is 12.4 Å². The fourth-order valence-electron chi connectivity index (χ4n) is 3.35. The van der Waals surface area contributed by atoms with Crippen LogP contribution in [-0.2, 0) is 25.7 Å². The van der Waals surface area contributed by atoms with Crippen molar-refractivity contribution in [1.29, 1.82) is 0 Å². The Labute approximate surface area is 146 Å². The highest BCUT2D eigenvalue weighted by Crippen LogP contribution is 2.35. The van der Waals surface area contributed by atoms with E-state index in [1.54, 1.807) is 13.2 Å². The highest BCUT2D eigenvalue weighted by Gasteiger charge is 2.46. The van der Waals surface area contributed by atoms with Crippen molar-refractivity contribution < 1.29 is 23.9 Å². The van der Waals surface area contributed by atoms with Crippen molar-refractivity contribution in [3.05, 3.63) is 42.0 Å². The SMILES string of the molecule is COc1ccccc1COC(=O)CCN1C(=O)[C@H]2CC=CC[C@H]2C1=O. The van der Waals surface area contributed by atoms with E-state index < -0.39 is 5.97 Å². The zero-order chi connectivity index (χ0) is 17.8. The Balaban J connectivity index is 1.51. The molecule has 2 atom stereocenters. The second-order valence-electron chi connectivity index (χ2n) is 6.21. The van der Waals surface area contributed by atoms with E-state index in [0.717, 1.165) is 5.56 Å². The van der Waals surface area contributed by atoms with Crippen LogP contribution in [0, 0.1) is 11.8 Å². The Bertz CT molecular complexity index is 686.